The Morgan fingerprint density at radius 3 is 2.69 bits per heavy atom. The van der Waals surface area contributed by atoms with Crippen molar-refractivity contribution >= 4 is 39.1 Å². The van der Waals surface area contributed by atoms with Crippen molar-refractivity contribution in [1.82, 2.24) is 0 Å². The molecule has 1 aromatic rings. The second-order valence-corrected chi connectivity index (χ2v) is 4.37. The van der Waals surface area contributed by atoms with E-state index in [0.29, 0.717) is 10.7 Å². The molecule has 2 nitrogen and oxygen atoms in total. The topological polar surface area (TPSA) is 29.1 Å². The fourth-order valence-electron chi connectivity index (χ4n) is 0.795. The molecule has 0 aliphatic carbocycles. The van der Waals surface area contributed by atoms with Crippen LogP contribution in [-0.4, -0.2) is 10.7 Å². The zero-order valence-corrected chi connectivity index (χ0v) is 9.39. The van der Waals surface area contributed by atoms with Crippen molar-refractivity contribution in [3.63, 3.8) is 0 Å². The van der Waals surface area contributed by atoms with Crippen LogP contribution in [0.4, 0.5) is 5.69 Å². The molecule has 1 N–H and O–H groups in total. The highest BCUT2D eigenvalue weighted by Crippen LogP contribution is 2.20. The minimum atomic E-state index is -0.219. The number of hydrogen-bond donors (Lipinski definition) is 1. The van der Waals surface area contributed by atoms with Crippen LogP contribution in [0.1, 0.15) is 6.92 Å². The van der Waals surface area contributed by atoms with E-state index in [9.17, 15) is 4.79 Å². The van der Waals surface area contributed by atoms with Gasteiger partial charge in [-0.25, -0.2) is 0 Å². The second kappa shape index (κ2) is 4.63. The first-order valence-corrected chi connectivity index (χ1v) is 5.10. The largest absolute Gasteiger partial charge is 0.324 e. The number of benzene rings is 1. The van der Waals surface area contributed by atoms with Crippen LogP contribution in [0.5, 0.6) is 0 Å². The van der Waals surface area contributed by atoms with E-state index in [-0.39, 0.29) is 10.7 Å². The van der Waals surface area contributed by atoms with Crippen molar-refractivity contribution in [3.05, 3.63) is 29.3 Å². The van der Waals surface area contributed by atoms with E-state index in [1.165, 1.54) is 0 Å². The normalized spacial score (nSPS) is 12.2. The molecule has 1 atom stereocenters. The Bertz CT molecular complexity index is 314. The monoisotopic (exact) mass is 261 g/mol. The number of anilines is 1. The average molecular weight is 263 g/mol. The van der Waals surface area contributed by atoms with Crippen LogP contribution < -0.4 is 5.32 Å². The van der Waals surface area contributed by atoms with E-state index in [4.69, 9.17) is 11.6 Å². The molecular weight excluding hydrogens is 253 g/mol. The lowest BCUT2D eigenvalue weighted by molar-refractivity contribution is -0.115. The van der Waals surface area contributed by atoms with Gasteiger partial charge in [0.05, 0.1) is 15.5 Å². The van der Waals surface area contributed by atoms with E-state index < -0.39 is 0 Å². The van der Waals surface area contributed by atoms with Crippen molar-refractivity contribution in [2.45, 2.75) is 11.8 Å². The van der Waals surface area contributed by atoms with Crippen molar-refractivity contribution < 1.29 is 4.79 Å². The Morgan fingerprint density at radius 2 is 2.15 bits per heavy atom. The molecule has 70 valence electrons. The number of amides is 1. The molecule has 0 bridgehead atoms. The van der Waals surface area contributed by atoms with Crippen LogP contribution in [0.15, 0.2) is 24.3 Å². The van der Waals surface area contributed by atoms with E-state index in [1.54, 1.807) is 19.1 Å². The first-order chi connectivity index (χ1) is 6.11. The summed E-state index contributed by atoms with van der Waals surface area (Å²) in [4.78, 5) is 11.0. The number of alkyl halides is 1. The molecule has 0 spiro atoms. The fraction of sp³-hybridized carbons (Fsp3) is 0.222. The Balaban J connectivity index is 2.75. The SMILES string of the molecule is C[C@@H](Br)C(=O)Nc1ccccc1Cl. The van der Waals surface area contributed by atoms with Gasteiger partial charge in [-0.2, -0.15) is 0 Å². The highest BCUT2D eigenvalue weighted by molar-refractivity contribution is 9.10. The molecule has 0 aromatic heterocycles. The zero-order chi connectivity index (χ0) is 9.84. The number of halogens is 2. The van der Waals surface area contributed by atoms with Crippen LogP contribution in [0.2, 0.25) is 5.02 Å². The van der Waals surface area contributed by atoms with E-state index in [1.807, 2.05) is 12.1 Å². The van der Waals surface area contributed by atoms with Gasteiger partial charge >= 0.3 is 0 Å². The molecule has 0 radical (unpaired) electrons. The van der Waals surface area contributed by atoms with Gasteiger partial charge in [0.25, 0.3) is 0 Å². The summed E-state index contributed by atoms with van der Waals surface area (Å²) in [6, 6.07) is 7.13. The number of hydrogen-bond acceptors (Lipinski definition) is 1. The number of carbonyl (C=O) groups excluding carboxylic acids is 1. The summed E-state index contributed by atoms with van der Waals surface area (Å²) in [5.41, 5.74) is 0.639. The number of carbonyl (C=O) groups is 1. The van der Waals surface area contributed by atoms with Gasteiger partial charge in [-0.1, -0.05) is 39.7 Å². The van der Waals surface area contributed by atoms with Gasteiger partial charge in [-0.3, -0.25) is 4.79 Å². The van der Waals surface area contributed by atoms with Gasteiger partial charge in [0, 0.05) is 0 Å². The Labute approximate surface area is 90.4 Å². The average Bonchev–Trinajstić information content (AvgIpc) is 2.08. The number of rotatable bonds is 2. The molecule has 13 heavy (non-hydrogen) atoms. The molecule has 0 aliphatic rings. The van der Waals surface area contributed by atoms with E-state index in [2.05, 4.69) is 21.2 Å². The number of nitrogens with one attached hydrogen (secondary N) is 1. The predicted molar refractivity (Wildman–Crippen MR) is 58.5 cm³/mol. The maximum atomic E-state index is 11.2. The van der Waals surface area contributed by atoms with Crippen LogP contribution in [-0.2, 0) is 4.79 Å². The minimum Gasteiger partial charge on any atom is -0.324 e. The van der Waals surface area contributed by atoms with Crippen LogP contribution in [0, 0.1) is 0 Å². The third-order valence-electron chi connectivity index (χ3n) is 1.49. The first kappa shape index (κ1) is 10.5. The predicted octanol–water partition coefficient (Wildman–Crippen LogP) is 3.06. The summed E-state index contributed by atoms with van der Waals surface area (Å²) in [6.07, 6.45) is 0. The molecule has 1 aromatic carbocycles. The molecule has 4 heteroatoms. The number of para-hydroxylation sites is 1. The van der Waals surface area contributed by atoms with Gasteiger partial charge in [-0.15, -0.1) is 0 Å². The lowest BCUT2D eigenvalue weighted by Gasteiger charge is -2.07. The van der Waals surface area contributed by atoms with Crippen LogP contribution in [0.25, 0.3) is 0 Å². The molecular formula is C9H9BrClNO. The lowest BCUT2D eigenvalue weighted by atomic mass is 10.3. The van der Waals surface area contributed by atoms with Crippen LogP contribution in [0.3, 0.4) is 0 Å². The smallest absolute Gasteiger partial charge is 0.237 e. The molecule has 0 unspecified atom stereocenters. The minimum absolute atomic E-state index is 0.104. The summed E-state index contributed by atoms with van der Waals surface area (Å²) >= 11 is 9.01. The van der Waals surface area contributed by atoms with E-state index in [0.717, 1.165) is 0 Å². The van der Waals surface area contributed by atoms with Crippen molar-refractivity contribution in [2.75, 3.05) is 5.32 Å². The standard InChI is InChI=1S/C9H9BrClNO/c1-6(10)9(13)12-8-5-3-2-4-7(8)11/h2-6H,1H3,(H,12,13)/t6-/m1/s1. The molecule has 0 saturated heterocycles. The second-order valence-electron chi connectivity index (χ2n) is 2.59. The van der Waals surface area contributed by atoms with Crippen molar-refractivity contribution in [1.29, 1.82) is 0 Å². The Morgan fingerprint density at radius 1 is 1.54 bits per heavy atom. The molecule has 0 heterocycles. The summed E-state index contributed by atoms with van der Waals surface area (Å²) in [5, 5.41) is 3.24. The zero-order valence-electron chi connectivity index (χ0n) is 7.05. The maximum Gasteiger partial charge on any atom is 0.237 e. The summed E-state index contributed by atoms with van der Waals surface area (Å²) in [6.45, 7) is 1.76. The quantitative estimate of drug-likeness (QED) is 0.816. The third kappa shape index (κ3) is 3.01. The van der Waals surface area contributed by atoms with Gasteiger partial charge in [-0.05, 0) is 19.1 Å². The summed E-state index contributed by atoms with van der Waals surface area (Å²) in [5.74, 6) is -0.104. The fourth-order valence-corrected chi connectivity index (χ4v) is 1.09. The summed E-state index contributed by atoms with van der Waals surface area (Å²) < 4.78 is 0. The first-order valence-electron chi connectivity index (χ1n) is 3.80. The molecule has 1 amide bonds. The summed E-state index contributed by atoms with van der Waals surface area (Å²) in [7, 11) is 0. The van der Waals surface area contributed by atoms with Gasteiger partial charge in [0.2, 0.25) is 5.91 Å². The van der Waals surface area contributed by atoms with Crippen molar-refractivity contribution in [3.8, 4) is 0 Å². The van der Waals surface area contributed by atoms with E-state index >= 15 is 0 Å². The molecule has 0 fully saturated rings. The Kier molecular flexibility index (Phi) is 3.75. The van der Waals surface area contributed by atoms with Crippen molar-refractivity contribution in [2.24, 2.45) is 0 Å². The van der Waals surface area contributed by atoms with Gasteiger partial charge < -0.3 is 5.32 Å². The highest BCUT2D eigenvalue weighted by atomic mass is 79.9. The third-order valence-corrected chi connectivity index (χ3v) is 2.24. The van der Waals surface area contributed by atoms with Gasteiger partial charge in [0.15, 0.2) is 0 Å². The molecule has 0 aliphatic heterocycles. The highest BCUT2D eigenvalue weighted by Gasteiger charge is 2.09. The Hall–Kier alpha value is -0.540. The van der Waals surface area contributed by atoms with Crippen LogP contribution >= 0.6 is 27.5 Å². The molecule has 0 saturated carbocycles. The molecule has 1 rings (SSSR count). The van der Waals surface area contributed by atoms with Gasteiger partial charge in [0.1, 0.15) is 0 Å². The maximum absolute atomic E-state index is 11.2. The lowest BCUT2D eigenvalue weighted by Crippen LogP contribution is -2.19.